The lowest BCUT2D eigenvalue weighted by Crippen LogP contribution is -1.81. The van der Waals surface area contributed by atoms with Crippen LogP contribution in [0.15, 0.2) is 63.8 Å². The molecule has 3 aromatic rings. The number of rotatable bonds is 2. The molecular weight excluding hydrogens is 292 g/mol. The molecule has 0 radical (unpaired) electrons. The van der Waals surface area contributed by atoms with E-state index in [1.807, 2.05) is 30.3 Å². The smallest absolute Gasteiger partial charge is 0.247 e. The second kappa shape index (κ2) is 4.74. The molecule has 0 saturated carbocycles. The van der Waals surface area contributed by atoms with Gasteiger partial charge >= 0.3 is 0 Å². The van der Waals surface area contributed by atoms with Crippen molar-refractivity contribution < 1.29 is 4.42 Å². The average Bonchev–Trinajstić information content (AvgIpc) is 2.94. The van der Waals surface area contributed by atoms with Crippen LogP contribution < -0.4 is 0 Å². The van der Waals surface area contributed by atoms with Crippen LogP contribution in [0.2, 0.25) is 0 Å². The standard InChI is InChI=1S/C14H9BrN2O/c15-13-6-4-10(5-7-13)11-2-1-3-12(8-11)14-17-16-9-18-14/h1-9H. The SMILES string of the molecule is Brc1ccc(-c2cccc(-c3nnco3)c2)cc1. The second-order valence-corrected chi connectivity index (χ2v) is 4.75. The number of benzene rings is 2. The van der Waals surface area contributed by atoms with Crippen LogP contribution in [0.3, 0.4) is 0 Å². The minimum Gasteiger partial charge on any atom is -0.423 e. The van der Waals surface area contributed by atoms with Crippen molar-refractivity contribution in [2.24, 2.45) is 0 Å². The van der Waals surface area contributed by atoms with E-state index in [4.69, 9.17) is 4.42 Å². The molecule has 3 rings (SSSR count). The topological polar surface area (TPSA) is 38.9 Å². The minimum absolute atomic E-state index is 0.536. The summed E-state index contributed by atoms with van der Waals surface area (Å²) in [4.78, 5) is 0. The summed E-state index contributed by atoms with van der Waals surface area (Å²) in [6.45, 7) is 0. The number of hydrogen-bond donors (Lipinski definition) is 0. The van der Waals surface area contributed by atoms with Crippen molar-refractivity contribution in [3.05, 3.63) is 59.4 Å². The van der Waals surface area contributed by atoms with E-state index >= 15 is 0 Å². The van der Waals surface area contributed by atoms with Crippen LogP contribution in [0.1, 0.15) is 0 Å². The first kappa shape index (κ1) is 11.2. The number of nitrogens with zero attached hydrogens (tertiary/aromatic N) is 2. The lowest BCUT2D eigenvalue weighted by molar-refractivity contribution is 0.568. The fraction of sp³-hybridized carbons (Fsp3) is 0. The third kappa shape index (κ3) is 2.19. The van der Waals surface area contributed by atoms with Gasteiger partial charge in [-0.3, -0.25) is 0 Å². The van der Waals surface area contributed by atoms with Crippen LogP contribution in [0.4, 0.5) is 0 Å². The lowest BCUT2D eigenvalue weighted by Gasteiger charge is -2.03. The molecule has 0 bridgehead atoms. The molecule has 1 aromatic heterocycles. The van der Waals surface area contributed by atoms with E-state index in [-0.39, 0.29) is 0 Å². The maximum absolute atomic E-state index is 5.20. The average molecular weight is 301 g/mol. The lowest BCUT2D eigenvalue weighted by atomic mass is 10.0. The van der Waals surface area contributed by atoms with Crippen LogP contribution in [0.25, 0.3) is 22.6 Å². The molecule has 0 fully saturated rings. The summed E-state index contributed by atoms with van der Waals surface area (Å²) in [6.07, 6.45) is 1.33. The van der Waals surface area contributed by atoms with Crippen LogP contribution in [-0.2, 0) is 0 Å². The van der Waals surface area contributed by atoms with E-state index in [9.17, 15) is 0 Å². The molecule has 0 unspecified atom stereocenters. The normalized spacial score (nSPS) is 10.5. The number of hydrogen-bond acceptors (Lipinski definition) is 3. The molecule has 0 aliphatic rings. The minimum atomic E-state index is 0.536. The van der Waals surface area contributed by atoms with Gasteiger partial charge in [0.15, 0.2) is 0 Å². The van der Waals surface area contributed by atoms with Crippen LogP contribution in [-0.4, -0.2) is 10.2 Å². The highest BCUT2D eigenvalue weighted by atomic mass is 79.9. The van der Waals surface area contributed by atoms with Crippen molar-refractivity contribution >= 4 is 15.9 Å². The van der Waals surface area contributed by atoms with Gasteiger partial charge in [0.1, 0.15) is 0 Å². The number of aromatic nitrogens is 2. The van der Waals surface area contributed by atoms with Crippen LogP contribution in [0, 0.1) is 0 Å². The first-order chi connectivity index (χ1) is 8.83. The predicted octanol–water partition coefficient (Wildman–Crippen LogP) is 4.17. The zero-order valence-corrected chi connectivity index (χ0v) is 11.0. The highest BCUT2D eigenvalue weighted by Gasteiger charge is 2.05. The van der Waals surface area contributed by atoms with Gasteiger partial charge < -0.3 is 4.42 Å². The van der Waals surface area contributed by atoms with E-state index in [1.165, 1.54) is 6.39 Å². The van der Waals surface area contributed by atoms with Crippen molar-refractivity contribution in [2.45, 2.75) is 0 Å². The van der Waals surface area contributed by atoms with Gasteiger partial charge in [0.25, 0.3) is 0 Å². The fourth-order valence-corrected chi connectivity index (χ4v) is 2.04. The molecule has 2 aromatic carbocycles. The number of halogens is 1. The van der Waals surface area contributed by atoms with E-state index in [0.717, 1.165) is 21.2 Å². The first-order valence-corrected chi connectivity index (χ1v) is 6.25. The molecule has 3 nitrogen and oxygen atoms in total. The predicted molar refractivity (Wildman–Crippen MR) is 72.9 cm³/mol. The maximum atomic E-state index is 5.20. The molecule has 1 heterocycles. The quantitative estimate of drug-likeness (QED) is 0.713. The molecule has 0 saturated heterocycles. The first-order valence-electron chi connectivity index (χ1n) is 5.45. The Morgan fingerprint density at radius 1 is 0.889 bits per heavy atom. The Morgan fingerprint density at radius 3 is 2.39 bits per heavy atom. The molecule has 0 atom stereocenters. The summed E-state index contributed by atoms with van der Waals surface area (Å²) in [5, 5.41) is 7.60. The molecule has 0 spiro atoms. The van der Waals surface area contributed by atoms with Crippen molar-refractivity contribution in [3.63, 3.8) is 0 Å². The van der Waals surface area contributed by atoms with Gasteiger partial charge in [-0.15, -0.1) is 10.2 Å². The molecule has 0 aliphatic heterocycles. The molecule has 0 amide bonds. The highest BCUT2D eigenvalue weighted by molar-refractivity contribution is 9.10. The summed E-state index contributed by atoms with van der Waals surface area (Å²) in [6, 6.07) is 16.2. The Balaban J connectivity index is 2.03. The van der Waals surface area contributed by atoms with Crippen LogP contribution >= 0.6 is 15.9 Å². The summed E-state index contributed by atoms with van der Waals surface area (Å²) < 4.78 is 6.27. The third-order valence-electron chi connectivity index (χ3n) is 2.65. The van der Waals surface area contributed by atoms with E-state index < -0.39 is 0 Å². The van der Waals surface area contributed by atoms with E-state index in [1.54, 1.807) is 0 Å². The molecule has 0 N–H and O–H groups in total. The monoisotopic (exact) mass is 300 g/mol. The fourth-order valence-electron chi connectivity index (χ4n) is 1.77. The van der Waals surface area contributed by atoms with Gasteiger partial charge in [-0.1, -0.05) is 40.2 Å². The van der Waals surface area contributed by atoms with Crippen molar-refractivity contribution in [1.82, 2.24) is 10.2 Å². The van der Waals surface area contributed by atoms with Gasteiger partial charge in [0.2, 0.25) is 12.3 Å². The third-order valence-corrected chi connectivity index (χ3v) is 3.18. The van der Waals surface area contributed by atoms with E-state index in [2.05, 4.69) is 44.3 Å². The van der Waals surface area contributed by atoms with Crippen molar-refractivity contribution in [1.29, 1.82) is 0 Å². The summed E-state index contributed by atoms with van der Waals surface area (Å²) in [5.74, 6) is 0.536. The Morgan fingerprint density at radius 2 is 1.67 bits per heavy atom. The Hall–Kier alpha value is -1.94. The summed E-state index contributed by atoms with van der Waals surface area (Å²) in [7, 11) is 0. The summed E-state index contributed by atoms with van der Waals surface area (Å²) >= 11 is 3.43. The van der Waals surface area contributed by atoms with Gasteiger partial charge in [0.05, 0.1) is 0 Å². The van der Waals surface area contributed by atoms with E-state index in [0.29, 0.717) is 5.89 Å². The Labute approximate surface area is 113 Å². The summed E-state index contributed by atoms with van der Waals surface area (Å²) in [5.41, 5.74) is 3.20. The molecular formula is C14H9BrN2O. The van der Waals surface area contributed by atoms with Gasteiger partial charge in [-0.05, 0) is 35.4 Å². The Bertz CT molecular complexity index is 648. The largest absolute Gasteiger partial charge is 0.423 e. The molecule has 4 heteroatoms. The molecule has 88 valence electrons. The van der Waals surface area contributed by atoms with Crippen LogP contribution in [0.5, 0.6) is 0 Å². The Kier molecular flexibility index (Phi) is 2.94. The second-order valence-electron chi connectivity index (χ2n) is 3.83. The maximum Gasteiger partial charge on any atom is 0.247 e. The highest BCUT2D eigenvalue weighted by Crippen LogP contribution is 2.26. The molecule has 18 heavy (non-hydrogen) atoms. The zero-order chi connectivity index (χ0) is 12.4. The molecule has 0 aliphatic carbocycles. The van der Waals surface area contributed by atoms with Gasteiger partial charge in [0, 0.05) is 10.0 Å². The zero-order valence-electron chi connectivity index (χ0n) is 9.38. The van der Waals surface area contributed by atoms with Gasteiger partial charge in [-0.25, -0.2) is 0 Å². The van der Waals surface area contributed by atoms with Crippen molar-refractivity contribution in [3.8, 4) is 22.6 Å². The van der Waals surface area contributed by atoms with Gasteiger partial charge in [-0.2, -0.15) is 0 Å². The van der Waals surface area contributed by atoms with Crippen molar-refractivity contribution in [2.75, 3.05) is 0 Å².